The van der Waals surface area contributed by atoms with Gasteiger partial charge in [-0.05, 0) is 42.0 Å². The van der Waals surface area contributed by atoms with Crippen molar-refractivity contribution in [1.82, 2.24) is 0 Å². The van der Waals surface area contributed by atoms with E-state index in [0.29, 0.717) is 12.4 Å². The van der Waals surface area contributed by atoms with Gasteiger partial charge in [-0.1, -0.05) is 75.4 Å². The molecule has 3 aromatic carbocycles. The molecule has 0 aliphatic rings. The monoisotopic (exact) mass is 703 g/mol. The number of benzene rings is 3. The molecule has 0 aliphatic heterocycles. The fourth-order valence-electron chi connectivity index (χ4n) is 3.85. The Balaban J connectivity index is 0. The number of ether oxygens (including phenoxy) is 1. The summed E-state index contributed by atoms with van der Waals surface area (Å²) in [6, 6.07) is 23.0. The molecule has 0 aromatic heterocycles. The SMILES string of the molecule is COCCCN(c1ccccc1-c1ccccc1)c1cc(C)cc(C(C)(C)C)c1O.[CH3-].[CH3-].[Hf].[Zr]. The summed E-state index contributed by atoms with van der Waals surface area (Å²) < 4.78 is 5.32. The van der Waals surface area contributed by atoms with E-state index in [1.807, 2.05) is 6.07 Å². The molecule has 0 atom stereocenters. The molecule has 0 saturated carbocycles. The largest absolute Gasteiger partial charge is 0.505 e. The van der Waals surface area contributed by atoms with E-state index in [2.05, 4.69) is 93.3 Å². The van der Waals surface area contributed by atoms with Gasteiger partial charge in [-0.25, -0.2) is 0 Å². The number of aromatic hydroxyl groups is 1. The van der Waals surface area contributed by atoms with Crippen LogP contribution in [-0.4, -0.2) is 25.4 Å². The van der Waals surface area contributed by atoms with Crippen molar-refractivity contribution in [3.05, 3.63) is 92.7 Å². The van der Waals surface area contributed by atoms with E-state index in [1.165, 1.54) is 0 Å². The van der Waals surface area contributed by atoms with Crippen LogP contribution in [0.2, 0.25) is 0 Å². The van der Waals surface area contributed by atoms with E-state index in [-0.39, 0.29) is 72.3 Å². The summed E-state index contributed by atoms with van der Waals surface area (Å²) in [6.45, 7) is 9.92. The minimum Gasteiger partial charge on any atom is -0.505 e. The quantitative estimate of drug-likeness (QED) is 0.155. The Morgan fingerprint density at radius 2 is 1.47 bits per heavy atom. The first kappa shape index (κ1) is 35.1. The Hall–Kier alpha value is -1.03. The van der Waals surface area contributed by atoms with Gasteiger partial charge in [0.05, 0.1) is 5.69 Å². The first-order valence-electron chi connectivity index (χ1n) is 10.6. The summed E-state index contributed by atoms with van der Waals surface area (Å²) >= 11 is 0. The van der Waals surface area contributed by atoms with E-state index < -0.39 is 0 Å². The molecule has 0 bridgehead atoms. The van der Waals surface area contributed by atoms with E-state index in [4.69, 9.17) is 4.74 Å². The molecule has 0 radical (unpaired) electrons. The fraction of sp³-hybridized carbons (Fsp3) is 0.310. The molecule has 0 fully saturated rings. The second kappa shape index (κ2) is 15.9. The molecule has 0 heterocycles. The van der Waals surface area contributed by atoms with Gasteiger partial charge in [-0.15, -0.1) is 0 Å². The number of nitrogens with zero attached hydrogens (tertiary/aromatic N) is 1. The molecule has 0 spiro atoms. The normalized spacial score (nSPS) is 10.1. The van der Waals surface area contributed by atoms with Crippen molar-refractivity contribution in [2.24, 2.45) is 0 Å². The Labute approximate surface area is 245 Å². The molecule has 0 saturated heterocycles. The molecular formula is C29H39HfNO2Zr-2. The smallest absolute Gasteiger partial charge is 0.142 e. The zero-order valence-corrected chi connectivity index (χ0v) is 27.8. The van der Waals surface area contributed by atoms with Crippen LogP contribution in [-0.2, 0) is 62.2 Å². The van der Waals surface area contributed by atoms with Gasteiger partial charge in [-0.2, -0.15) is 0 Å². The first-order valence-corrected chi connectivity index (χ1v) is 10.6. The topological polar surface area (TPSA) is 32.7 Å². The number of hydrogen-bond acceptors (Lipinski definition) is 3. The third-order valence-corrected chi connectivity index (χ3v) is 5.34. The van der Waals surface area contributed by atoms with Gasteiger partial charge in [0.2, 0.25) is 0 Å². The molecule has 0 aliphatic carbocycles. The van der Waals surface area contributed by atoms with Crippen molar-refractivity contribution in [2.45, 2.75) is 39.5 Å². The zero-order valence-electron chi connectivity index (χ0n) is 21.8. The number of methoxy groups -OCH3 is 1. The van der Waals surface area contributed by atoms with Gasteiger partial charge in [-0.3, -0.25) is 0 Å². The van der Waals surface area contributed by atoms with Crippen molar-refractivity contribution in [2.75, 3.05) is 25.2 Å². The number of rotatable bonds is 7. The molecule has 3 nitrogen and oxygen atoms in total. The average molecular weight is 703 g/mol. The number of aryl methyl sites for hydroxylation is 1. The predicted molar refractivity (Wildman–Crippen MR) is 140 cm³/mol. The summed E-state index contributed by atoms with van der Waals surface area (Å²) in [6.07, 6.45) is 0.859. The number of anilines is 2. The molecule has 0 amide bonds. The standard InChI is InChI=1S/C27H33NO2.2CH3.Hf.Zr/c1-20-18-23(27(2,3)4)26(29)25(19-20)28(16-11-17-30-5)24-15-10-9-14-22(24)21-12-7-6-8-13-21;;;;/h6-10,12-15,18-19,29H,11,16-17H2,1-5H3;2*1H3;;/q;2*-1;;. The summed E-state index contributed by atoms with van der Waals surface area (Å²) in [4.78, 5) is 2.24. The summed E-state index contributed by atoms with van der Waals surface area (Å²) in [5.41, 5.74) is 6.19. The summed E-state index contributed by atoms with van der Waals surface area (Å²) in [5, 5.41) is 11.3. The number of phenols is 1. The third-order valence-electron chi connectivity index (χ3n) is 5.34. The van der Waals surface area contributed by atoms with Crippen LogP contribution in [0.5, 0.6) is 5.75 Å². The molecule has 1 N–H and O–H groups in total. The van der Waals surface area contributed by atoms with Crippen LogP contribution in [0.1, 0.15) is 38.3 Å². The molecule has 0 unspecified atom stereocenters. The maximum atomic E-state index is 11.3. The first-order chi connectivity index (χ1) is 14.3. The maximum Gasteiger partial charge on any atom is 0.142 e. The zero-order chi connectivity index (χ0) is 21.7. The fourth-order valence-corrected chi connectivity index (χ4v) is 3.85. The van der Waals surface area contributed by atoms with Gasteiger partial charge < -0.3 is 29.6 Å². The molecule has 182 valence electrons. The van der Waals surface area contributed by atoms with Crippen LogP contribution in [0.15, 0.2) is 66.7 Å². The summed E-state index contributed by atoms with van der Waals surface area (Å²) in [7, 11) is 1.73. The van der Waals surface area contributed by atoms with Crippen molar-refractivity contribution >= 4 is 11.4 Å². The van der Waals surface area contributed by atoms with Crippen LogP contribution in [0.3, 0.4) is 0 Å². The van der Waals surface area contributed by atoms with Crippen LogP contribution >= 0.6 is 0 Å². The Morgan fingerprint density at radius 1 is 0.882 bits per heavy atom. The number of hydrogen-bond donors (Lipinski definition) is 1. The molecule has 5 heteroatoms. The van der Waals surface area contributed by atoms with E-state index >= 15 is 0 Å². The van der Waals surface area contributed by atoms with Crippen molar-refractivity contribution in [3.63, 3.8) is 0 Å². The number of para-hydroxylation sites is 1. The van der Waals surface area contributed by atoms with Crippen molar-refractivity contribution in [3.8, 4) is 16.9 Å². The third kappa shape index (κ3) is 8.57. The second-order valence-electron chi connectivity index (χ2n) is 8.81. The predicted octanol–water partition coefficient (Wildman–Crippen LogP) is 7.74. The Kier molecular flexibility index (Phi) is 16.4. The van der Waals surface area contributed by atoms with Gasteiger partial charge in [0.25, 0.3) is 0 Å². The second-order valence-corrected chi connectivity index (χ2v) is 8.81. The van der Waals surface area contributed by atoms with Crippen LogP contribution in [0.4, 0.5) is 11.4 Å². The van der Waals surface area contributed by atoms with Gasteiger partial charge in [0, 0.05) is 89.1 Å². The maximum absolute atomic E-state index is 11.3. The van der Waals surface area contributed by atoms with Gasteiger partial charge >= 0.3 is 0 Å². The summed E-state index contributed by atoms with van der Waals surface area (Å²) in [5.74, 6) is 0.355. The van der Waals surface area contributed by atoms with Gasteiger partial charge in [0.1, 0.15) is 5.75 Å². The van der Waals surface area contributed by atoms with Crippen molar-refractivity contribution in [1.29, 1.82) is 0 Å². The van der Waals surface area contributed by atoms with Gasteiger partial charge in [0.15, 0.2) is 0 Å². The van der Waals surface area contributed by atoms with Crippen LogP contribution < -0.4 is 4.90 Å². The van der Waals surface area contributed by atoms with E-state index in [0.717, 1.165) is 46.6 Å². The minimum atomic E-state index is -0.151. The van der Waals surface area contributed by atoms with Crippen LogP contribution in [0, 0.1) is 21.8 Å². The van der Waals surface area contributed by atoms with Crippen LogP contribution in [0.25, 0.3) is 11.1 Å². The number of phenolic OH excluding ortho intramolecular Hbond substituents is 1. The van der Waals surface area contributed by atoms with E-state index in [9.17, 15) is 5.11 Å². The molecule has 3 aromatic rings. The average Bonchev–Trinajstić information content (AvgIpc) is 2.73. The van der Waals surface area contributed by atoms with Crippen molar-refractivity contribution < 1.29 is 61.9 Å². The Morgan fingerprint density at radius 3 is 2.06 bits per heavy atom. The molecule has 3 rings (SSSR count). The molecule has 34 heavy (non-hydrogen) atoms. The Bertz CT molecular complexity index is 987. The molecular weight excluding hydrogens is 664 g/mol. The minimum absolute atomic E-state index is 0. The van der Waals surface area contributed by atoms with E-state index in [1.54, 1.807) is 7.11 Å².